The maximum atomic E-state index is 13.4. The molecule has 0 saturated heterocycles. The number of nitrogens with zero attached hydrogens (tertiary/aromatic N) is 9. The Morgan fingerprint density at radius 1 is 0.703 bits per heavy atom. The number of hydrogen-bond donors (Lipinski definition) is 3. The molecule has 0 amide bonds. The van der Waals surface area contributed by atoms with Crippen LogP contribution in [0.15, 0.2) is 89.9 Å². The zero-order chi connectivity index (χ0) is 44.8. The molecule has 0 saturated carbocycles. The molecule has 0 radical (unpaired) electrons. The van der Waals surface area contributed by atoms with E-state index >= 15 is 0 Å². The van der Waals surface area contributed by atoms with Crippen LogP contribution in [0.4, 0.5) is 17.8 Å². The lowest BCUT2D eigenvalue weighted by Gasteiger charge is -2.18. The van der Waals surface area contributed by atoms with Crippen molar-refractivity contribution in [3.05, 3.63) is 112 Å². The van der Waals surface area contributed by atoms with Gasteiger partial charge >= 0.3 is 21.1 Å². The van der Waals surface area contributed by atoms with Gasteiger partial charge in [0.25, 0.3) is 0 Å². The van der Waals surface area contributed by atoms with E-state index < -0.39 is 32.3 Å². The summed E-state index contributed by atoms with van der Waals surface area (Å²) in [6.45, 7) is 0.699. The van der Waals surface area contributed by atoms with Crippen LogP contribution in [0.5, 0.6) is 11.8 Å². The Morgan fingerprint density at radius 3 is 1.67 bits per heavy atom. The van der Waals surface area contributed by atoms with Crippen molar-refractivity contribution in [2.24, 2.45) is 0 Å². The second kappa shape index (κ2) is 22.8. The van der Waals surface area contributed by atoms with Gasteiger partial charge in [-0.1, -0.05) is 68.1 Å². The first-order valence-corrected chi connectivity index (χ1v) is 22.2. The maximum absolute atomic E-state index is 13.4. The fourth-order valence-electron chi connectivity index (χ4n) is 5.51. The number of furan rings is 1. The van der Waals surface area contributed by atoms with Crippen molar-refractivity contribution in [1.82, 2.24) is 39.0 Å². The molecule has 0 fully saturated rings. The van der Waals surface area contributed by atoms with Gasteiger partial charge in [-0.05, 0) is 17.2 Å². The zero-order valence-electron chi connectivity index (χ0n) is 33.9. The molecule has 24 nitrogen and oxygen atoms in total. The average Bonchev–Trinajstić information content (AvgIpc) is 4.04. The number of anilines is 2. The third kappa shape index (κ3) is 13.6. The van der Waals surface area contributed by atoms with Crippen LogP contribution >= 0.6 is 15.2 Å². The number of aromatic nitrogens is 8. The third-order valence-corrected chi connectivity index (χ3v) is 11.1. The summed E-state index contributed by atoms with van der Waals surface area (Å²) in [4.78, 5) is 44.7. The van der Waals surface area contributed by atoms with Crippen molar-refractivity contribution >= 4 is 55.3 Å². The van der Waals surface area contributed by atoms with Gasteiger partial charge in [-0.25, -0.2) is 9.97 Å². The Labute approximate surface area is 365 Å². The lowest BCUT2D eigenvalue weighted by atomic mass is 10.2. The summed E-state index contributed by atoms with van der Waals surface area (Å²) in [5, 5.41) is 10.8. The topological polar surface area (TPSA) is 314 Å². The number of hydrogen-bond acceptors (Lipinski definition) is 20. The predicted octanol–water partition coefficient (Wildman–Crippen LogP) is 5.95. The number of imidazole rings is 2. The van der Waals surface area contributed by atoms with Gasteiger partial charge in [-0.15, -0.1) is 0 Å². The summed E-state index contributed by atoms with van der Waals surface area (Å²) < 4.78 is 71.3. The highest BCUT2D eigenvalue weighted by Gasteiger charge is 2.27. The van der Waals surface area contributed by atoms with Crippen LogP contribution in [0.2, 0.25) is 0 Å². The average molecular weight is 928 g/mol. The molecule has 5 aromatic heterocycles. The van der Waals surface area contributed by atoms with Gasteiger partial charge in [0.05, 0.1) is 59.4 Å². The molecule has 2 atom stereocenters. The van der Waals surface area contributed by atoms with E-state index in [2.05, 4.69) is 29.9 Å². The fourth-order valence-corrected chi connectivity index (χ4v) is 7.54. The van der Waals surface area contributed by atoms with E-state index in [9.17, 15) is 24.1 Å². The molecule has 0 aliphatic rings. The molecule has 0 aliphatic heterocycles. The van der Waals surface area contributed by atoms with Crippen LogP contribution in [0, 0.1) is 10.1 Å². The van der Waals surface area contributed by atoms with Gasteiger partial charge in [-0.3, -0.25) is 23.8 Å². The van der Waals surface area contributed by atoms with Gasteiger partial charge < -0.3 is 57.9 Å². The summed E-state index contributed by atoms with van der Waals surface area (Å²) in [6, 6.07) is 20.8. The van der Waals surface area contributed by atoms with Crippen molar-refractivity contribution in [3.63, 3.8) is 0 Å². The molecule has 7 aromatic rings. The summed E-state index contributed by atoms with van der Waals surface area (Å²) >= 11 is 0. The first kappa shape index (κ1) is 48.7. The van der Waals surface area contributed by atoms with Gasteiger partial charge in [-0.2, -0.15) is 19.9 Å². The van der Waals surface area contributed by atoms with E-state index in [0.29, 0.717) is 35.4 Å². The van der Waals surface area contributed by atoms with Crippen LogP contribution in [-0.2, 0) is 65.1 Å². The highest BCUT2D eigenvalue weighted by Crippen LogP contribution is 2.50. The number of benzene rings is 2. The van der Waals surface area contributed by atoms with Crippen molar-refractivity contribution in [3.8, 4) is 11.8 Å². The number of nitrogens with two attached hydrogens (primary N) is 2. The second-order valence-electron chi connectivity index (χ2n) is 13.0. The Hall–Kier alpha value is -6.36. The van der Waals surface area contributed by atoms with Crippen LogP contribution in [0.3, 0.4) is 0 Å². The van der Waals surface area contributed by atoms with E-state index in [-0.39, 0.29) is 76.2 Å². The minimum absolute atomic E-state index is 0. The number of rotatable bonds is 22. The molecule has 26 heteroatoms. The Morgan fingerprint density at radius 2 is 1.19 bits per heavy atom. The molecule has 0 aliphatic carbocycles. The number of nitro groups is 1. The number of nitrogen functional groups attached to an aromatic ring is 2. The van der Waals surface area contributed by atoms with Crippen LogP contribution in [0.25, 0.3) is 22.3 Å². The first-order valence-electron chi connectivity index (χ1n) is 18.7. The van der Waals surface area contributed by atoms with Crippen LogP contribution in [0.1, 0.15) is 24.3 Å². The number of fused-ring (bicyclic) bond motifs is 2. The quantitative estimate of drug-likeness (QED) is 0.0306. The molecular formula is C38H47N11O13P2. The largest absolute Gasteiger partial charge is 0.479 e. The van der Waals surface area contributed by atoms with Crippen LogP contribution in [-0.4, -0.2) is 89.0 Å². The maximum Gasteiger partial charge on any atom is 0.433 e. The lowest BCUT2D eigenvalue weighted by molar-refractivity contribution is -0.402. The molecular weight excluding hydrogens is 880 g/mol. The van der Waals surface area contributed by atoms with Gasteiger partial charge in [0.2, 0.25) is 23.7 Å². The minimum atomic E-state index is -3.85. The summed E-state index contributed by atoms with van der Waals surface area (Å²) in [5.41, 5.74) is 14.9. The zero-order valence-corrected chi connectivity index (χ0v) is 35.7. The van der Waals surface area contributed by atoms with E-state index in [1.54, 1.807) is 15.5 Å². The molecule has 7 rings (SSSR count). The van der Waals surface area contributed by atoms with Gasteiger partial charge in [0, 0.05) is 13.1 Å². The van der Waals surface area contributed by atoms with Gasteiger partial charge in [0.1, 0.15) is 30.0 Å². The molecule has 342 valence electrons. The third-order valence-electron chi connectivity index (χ3n) is 8.52. The summed E-state index contributed by atoms with van der Waals surface area (Å²) in [7, 11) is -4.70. The molecule has 0 spiro atoms. The predicted molar refractivity (Wildman–Crippen MR) is 231 cm³/mol. The summed E-state index contributed by atoms with van der Waals surface area (Å²) in [6.07, 6.45) is 2.31. The van der Waals surface area contributed by atoms with E-state index in [1.807, 2.05) is 60.7 Å². The highest BCUT2D eigenvalue weighted by molar-refractivity contribution is 7.53. The standard InChI is InChI=1S/C21H23N6O8P.C16H20N5O5P.CH4/c1-31-20-18-19(24-21(22)25-20)26(13-23-18)9-10-32-14-36(30,33-11-15-5-3-2-4-6-15)34-12-16-7-8-17(35-16)27(28)29;1-24-15-13-14(19-16(17)20-15)21(10-18-13)7-8-25-11-27(22,23)26-9-12-5-3-2-4-6-12;/h2-8,13H,9-12,14H2,1H3,(H2,22,24,25);2-6,10H,7-9,11H2,1H3,(H,22,23)(H2,17,19,20);1H4. The fraction of sp³-hybridized carbons (Fsp3) is 0.316. The van der Waals surface area contributed by atoms with Crippen molar-refractivity contribution in [2.45, 2.75) is 40.3 Å². The second-order valence-corrected chi connectivity index (χ2v) is 16.8. The molecule has 2 unspecified atom stereocenters. The SMILES string of the molecule is C.COc1nc(N)nc2c1ncn2CCOCP(=O)(O)OCc1ccccc1.COc1nc(N)nc2c1ncn2CCOCP(=O)(OCc1ccccc1)OCc1ccc([N+](=O)[O-])o1. The van der Waals surface area contributed by atoms with Crippen molar-refractivity contribution in [2.75, 3.05) is 51.6 Å². The van der Waals surface area contributed by atoms with E-state index in [4.69, 9.17) is 48.4 Å². The Bertz CT molecular complexity index is 2680. The number of ether oxygens (including phenoxy) is 4. The molecule has 5 N–H and O–H groups in total. The van der Waals surface area contributed by atoms with E-state index in [1.165, 1.54) is 32.7 Å². The van der Waals surface area contributed by atoms with Crippen molar-refractivity contribution < 1.29 is 55.9 Å². The lowest BCUT2D eigenvalue weighted by Crippen LogP contribution is -2.10. The first-order chi connectivity index (χ1) is 30.3. The highest BCUT2D eigenvalue weighted by atomic mass is 31.2. The van der Waals surface area contributed by atoms with E-state index in [0.717, 1.165) is 11.1 Å². The molecule has 5 heterocycles. The normalized spacial score (nSPS) is 13.0. The monoisotopic (exact) mass is 927 g/mol. The number of methoxy groups -OCH3 is 2. The smallest absolute Gasteiger partial charge is 0.433 e. The Balaban J connectivity index is 0.000000247. The Kier molecular flexibility index (Phi) is 17.4. The molecule has 64 heavy (non-hydrogen) atoms. The summed E-state index contributed by atoms with van der Waals surface area (Å²) in [5.74, 6) is 0.317. The molecule has 0 bridgehead atoms. The molecule has 2 aromatic carbocycles. The minimum Gasteiger partial charge on any atom is -0.479 e. The van der Waals surface area contributed by atoms with Gasteiger partial charge in [0.15, 0.2) is 22.3 Å². The van der Waals surface area contributed by atoms with Crippen molar-refractivity contribution in [1.29, 1.82) is 0 Å². The van der Waals surface area contributed by atoms with Crippen LogP contribution < -0.4 is 20.9 Å².